The molecule has 3 heteroatoms. The summed E-state index contributed by atoms with van der Waals surface area (Å²) in [4.78, 5) is 11.1. The SMILES string of the molecule is COC(=O)[C@@]12C[C@@H]1[C@H](OC)C2. The molecule has 3 nitrogen and oxygen atoms in total. The summed E-state index contributed by atoms with van der Waals surface area (Å²) in [6.07, 6.45) is 2.15. The van der Waals surface area contributed by atoms with Crippen LogP contribution in [0.1, 0.15) is 12.8 Å². The van der Waals surface area contributed by atoms with Crippen molar-refractivity contribution >= 4 is 5.97 Å². The number of carbonyl (C=O) groups excluding carboxylic acids is 1. The zero-order chi connectivity index (χ0) is 8.06. The van der Waals surface area contributed by atoms with E-state index in [1.54, 1.807) is 7.11 Å². The lowest BCUT2D eigenvalue weighted by molar-refractivity contribution is -0.155. The van der Waals surface area contributed by atoms with Crippen molar-refractivity contribution in [3.8, 4) is 0 Å². The van der Waals surface area contributed by atoms with Crippen LogP contribution in [0.3, 0.4) is 0 Å². The van der Waals surface area contributed by atoms with Crippen molar-refractivity contribution in [1.29, 1.82) is 0 Å². The first-order valence-corrected chi connectivity index (χ1v) is 3.86. The van der Waals surface area contributed by atoms with Crippen molar-refractivity contribution in [3.05, 3.63) is 0 Å². The maximum Gasteiger partial charge on any atom is 0.312 e. The molecule has 2 fully saturated rings. The van der Waals surface area contributed by atoms with Crippen LogP contribution in [-0.4, -0.2) is 26.3 Å². The molecule has 11 heavy (non-hydrogen) atoms. The Hall–Kier alpha value is -0.570. The molecule has 2 rings (SSSR count). The number of esters is 1. The van der Waals surface area contributed by atoms with Crippen LogP contribution in [0.25, 0.3) is 0 Å². The molecular formula is C8H12O3. The predicted octanol–water partition coefficient (Wildman–Crippen LogP) is 0.584. The van der Waals surface area contributed by atoms with Gasteiger partial charge in [-0.05, 0) is 12.8 Å². The topological polar surface area (TPSA) is 35.5 Å². The van der Waals surface area contributed by atoms with Crippen molar-refractivity contribution in [3.63, 3.8) is 0 Å². The van der Waals surface area contributed by atoms with Crippen molar-refractivity contribution in [2.75, 3.05) is 14.2 Å². The molecule has 0 radical (unpaired) electrons. The van der Waals surface area contributed by atoms with E-state index < -0.39 is 0 Å². The number of ether oxygens (including phenoxy) is 2. The summed E-state index contributed by atoms with van der Waals surface area (Å²) in [5, 5.41) is 0. The highest BCUT2D eigenvalue weighted by Gasteiger charge is 2.72. The van der Waals surface area contributed by atoms with Crippen LogP contribution in [0.15, 0.2) is 0 Å². The van der Waals surface area contributed by atoms with Crippen LogP contribution in [-0.2, 0) is 14.3 Å². The van der Waals surface area contributed by atoms with E-state index in [1.807, 2.05) is 0 Å². The molecule has 0 N–H and O–H groups in total. The van der Waals surface area contributed by atoms with Gasteiger partial charge < -0.3 is 9.47 Å². The molecule has 0 aliphatic heterocycles. The van der Waals surface area contributed by atoms with Gasteiger partial charge in [-0.2, -0.15) is 0 Å². The van der Waals surface area contributed by atoms with Gasteiger partial charge in [-0.15, -0.1) is 0 Å². The fourth-order valence-electron chi connectivity index (χ4n) is 2.17. The van der Waals surface area contributed by atoms with Crippen LogP contribution < -0.4 is 0 Å². The first kappa shape index (κ1) is 7.10. The standard InChI is InChI=1S/C8H12O3/c1-10-6-4-8(3-5(6)8)7(9)11-2/h5-6H,3-4H2,1-2H3/t5-,6-,8-/m1/s1. The average Bonchev–Trinajstić information content (AvgIpc) is 2.58. The molecule has 2 aliphatic rings. The zero-order valence-corrected chi connectivity index (χ0v) is 6.79. The van der Waals surface area contributed by atoms with E-state index in [4.69, 9.17) is 9.47 Å². The van der Waals surface area contributed by atoms with Crippen LogP contribution in [0.4, 0.5) is 0 Å². The number of hydrogen-bond donors (Lipinski definition) is 0. The summed E-state index contributed by atoms with van der Waals surface area (Å²) >= 11 is 0. The third-order valence-corrected chi connectivity index (χ3v) is 3.04. The monoisotopic (exact) mass is 156 g/mol. The molecule has 62 valence electrons. The third kappa shape index (κ3) is 0.692. The highest BCUT2D eigenvalue weighted by molar-refractivity contribution is 5.82. The highest BCUT2D eigenvalue weighted by Crippen LogP contribution is 2.68. The zero-order valence-electron chi connectivity index (χ0n) is 6.79. The van der Waals surface area contributed by atoms with Gasteiger partial charge >= 0.3 is 5.97 Å². The first-order valence-electron chi connectivity index (χ1n) is 3.86. The molecule has 3 atom stereocenters. The Morgan fingerprint density at radius 1 is 1.45 bits per heavy atom. The lowest BCUT2D eigenvalue weighted by Gasteiger charge is -2.30. The van der Waals surface area contributed by atoms with E-state index in [9.17, 15) is 4.79 Å². The summed E-state index contributed by atoms with van der Waals surface area (Å²) in [5.41, 5.74) is -0.116. The normalized spacial score (nSPS) is 45.6. The Morgan fingerprint density at radius 2 is 2.18 bits per heavy atom. The smallest absolute Gasteiger partial charge is 0.312 e. The van der Waals surface area contributed by atoms with Gasteiger partial charge in [0.1, 0.15) is 0 Å². The largest absolute Gasteiger partial charge is 0.469 e. The Kier molecular flexibility index (Phi) is 1.27. The molecule has 0 aromatic carbocycles. The molecule has 0 bridgehead atoms. The molecule has 0 amide bonds. The minimum atomic E-state index is -0.116. The van der Waals surface area contributed by atoms with E-state index >= 15 is 0 Å². The number of rotatable bonds is 2. The number of carbonyl (C=O) groups is 1. The van der Waals surface area contributed by atoms with Gasteiger partial charge in [0.25, 0.3) is 0 Å². The maximum absolute atomic E-state index is 11.1. The molecule has 0 spiro atoms. The molecule has 0 saturated heterocycles. The third-order valence-electron chi connectivity index (χ3n) is 3.04. The van der Waals surface area contributed by atoms with Crippen LogP contribution in [0, 0.1) is 11.3 Å². The molecule has 0 aromatic rings. The number of hydrogen-bond acceptors (Lipinski definition) is 3. The lowest BCUT2D eigenvalue weighted by Crippen LogP contribution is -2.38. The van der Waals surface area contributed by atoms with E-state index in [2.05, 4.69) is 0 Å². The van der Waals surface area contributed by atoms with Gasteiger partial charge in [0, 0.05) is 13.0 Å². The maximum atomic E-state index is 11.1. The minimum absolute atomic E-state index is 0.0456. The van der Waals surface area contributed by atoms with Gasteiger partial charge in [0.05, 0.1) is 18.6 Å². The van der Waals surface area contributed by atoms with Crippen LogP contribution in [0.5, 0.6) is 0 Å². The van der Waals surface area contributed by atoms with E-state index in [1.165, 1.54) is 7.11 Å². The quantitative estimate of drug-likeness (QED) is 0.549. The number of fused-ring (bicyclic) bond motifs is 1. The van der Waals surface area contributed by atoms with Crippen LogP contribution in [0.2, 0.25) is 0 Å². The molecular weight excluding hydrogens is 144 g/mol. The highest BCUT2D eigenvalue weighted by atomic mass is 16.5. The Morgan fingerprint density at radius 3 is 2.64 bits per heavy atom. The molecule has 0 heterocycles. The first-order chi connectivity index (χ1) is 5.24. The van der Waals surface area contributed by atoms with Crippen molar-refractivity contribution in [1.82, 2.24) is 0 Å². The molecule has 2 saturated carbocycles. The Bertz CT molecular complexity index is 202. The second-order valence-electron chi connectivity index (χ2n) is 3.44. The molecule has 2 aliphatic carbocycles. The predicted molar refractivity (Wildman–Crippen MR) is 38.0 cm³/mol. The minimum Gasteiger partial charge on any atom is -0.469 e. The van der Waals surface area contributed by atoms with E-state index in [0.717, 1.165) is 12.8 Å². The van der Waals surface area contributed by atoms with Crippen molar-refractivity contribution in [2.24, 2.45) is 11.3 Å². The molecule has 0 aromatic heterocycles. The van der Waals surface area contributed by atoms with Crippen LogP contribution >= 0.6 is 0 Å². The van der Waals surface area contributed by atoms with Crippen molar-refractivity contribution in [2.45, 2.75) is 18.9 Å². The lowest BCUT2D eigenvalue weighted by atomic mass is 9.82. The second kappa shape index (κ2) is 1.97. The summed E-state index contributed by atoms with van der Waals surface area (Å²) < 4.78 is 9.85. The van der Waals surface area contributed by atoms with Crippen molar-refractivity contribution < 1.29 is 14.3 Å². The number of methoxy groups -OCH3 is 2. The van der Waals surface area contributed by atoms with Gasteiger partial charge in [-0.1, -0.05) is 0 Å². The molecule has 0 unspecified atom stereocenters. The van der Waals surface area contributed by atoms with Gasteiger partial charge in [0.15, 0.2) is 0 Å². The second-order valence-corrected chi connectivity index (χ2v) is 3.44. The van der Waals surface area contributed by atoms with Gasteiger partial charge in [0.2, 0.25) is 0 Å². The van der Waals surface area contributed by atoms with Gasteiger partial charge in [-0.25, -0.2) is 0 Å². The summed E-state index contributed by atoms with van der Waals surface area (Å²) in [5.74, 6) is 0.413. The Labute approximate surface area is 65.7 Å². The summed E-state index contributed by atoms with van der Waals surface area (Å²) in [6, 6.07) is 0. The van der Waals surface area contributed by atoms with Gasteiger partial charge in [-0.3, -0.25) is 4.79 Å². The summed E-state index contributed by atoms with van der Waals surface area (Å²) in [6.45, 7) is 0. The van der Waals surface area contributed by atoms with E-state index in [-0.39, 0.29) is 11.4 Å². The fourth-order valence-corrected chi connectivity index (χ4v) is 2.17. The fraction of sp³-hybridized carbons (Fsp3) is 0.875. The Balaban J connectivity index is 1.97. The average molecular weight is 156 g/mol. The van der Waals surface area contributed by atoms with E-state index in [0.29, 0.717) is 12.0 Å². The summed E-state index contributed by atoms with van der Waals surface area (Å²) in [7, 11) is 3.15.